The maximum Gasteiger partial charge on any atom is 0.266 e. The van der Waals surface area contributed by atoms with Crippen molar-refractivity contribution < 1.29 is 47.3 Å². The Labute approximate surface area is 372 Å². The number of hydrogen-bond donors (Lipinski definition) is 2. The normalized spacial score (nSPS) is 21.2. The largest absolute Gasteiger partial charge is 0.490 e. The summed E-state index contributed by atoms with van der Waals surface area (Å²) in [5.74, 6) is -0.957. The third-order valence-corrected chi connectivity index (χ3v) is 13.1. The van der Waals surface area contributed by atoms with Gasteiger partial charge in [0.25, 0.3) is 11.8 Å². The topological polar surface area (TPSA) is 166 Å². The Morgan fingerprint density at radius 1 is 0.859 bits per heavy atom. The summed E-state index contributed by atoms with van der Waals surface area (Å²) in [4.78, 5) is 71.2. The molecule has 15 heteroatoms. The summed E-state index contributed by atoms with van der Waals surface area (Å²) in [6, 6.07) is 18.2. The van der Waals surface area contributed by atoms with Crippen LogP contribution >= 0.6 is 0 Å². The third-order valence-electron chi connectivity index (χ3n) is 13.1. The summed E-state index contributed by atoms with van der Waals surface area (Å²) in [7, 11) is 0. The first-order valence-electron chi connectivity index (χ1n) is 22.6. The predicted octanol–water partition coefficient (Wildman–Crippen LogP) is 6.67. The molecule has 1 aliphatic carbocycles. The van der Waals surface area contributed by atoms with E-state index < -0.39 is 29.7 Å². The van der Waals surface area contributed by atoms with Crippen LogP contribution in [-0.4, -0.2) is 109 Å². The lowest BCUT2D eigenvalue weighted by Gasteiger charge is -2.32. The zero-order valence-corrected chi connectivity index (χ0v) is 36.2. The maximum atomic E-state index is 14.0. The number of carbonyl (C=O) groups is 5. The van der Waals surface area contributed by atoms with Gasteiger partial charge in [-0.3, -0.25) is 39.2 Å². The molecule has 2 atom stereocenters. The highest BCUT2D eigenvalue weighted by Gasteiger charge is 2.46. The van der Waals surface area contributed by atoms with E-state index in [4.69, 9.17) is 18.9 Å². The van der Waals surface area contributed by atoms with E-state index in [0.717, 1.165) is 97.4 Å². The summed E-state index contributed by atoms with van der Waals surface area (Å²) < 4.78 is 37.6. The van der Waals surface area contributed by atoms with Crippen molar-refractivity contribution in [2.45, 2.75) is 82.8 Å². The minimum Gasteiger partial charge on any atom is -0.490 e. The summed E-state index contributed by atoms with van der Waals surface area (Å²) in [5, 5.41) is 6.20. The number of halogens is 1. The standard InChI is InChI=1S/C49H56FN5O9/c1-31(32-6-8-33(9-7-32)38-18-21-51-41-15-10-34(50)30-40(38)41)46(57)52-35-11-13-36(14-12-35)64-37-19-23-54(24-20-37)22-3-25-61-26-27-62-28-29-63-43-5-2-4-39-45(43)49(60)55(48(39)59)42-16-17-44(56)53-47(42)58/h2,4-5,10-15,18,21,30-33,37,42H,3,6-9,16-17,19-20,22-29H2,1H3,(H,52,57)(H,53,56,58)/t31-,32?,33?,42?/m1/s1. The average molecular weight is 878 g/mol. The second-order valence-corrected chi connectivity index (χ2v) is 17.2. The number of pyridine rings is 1. The van der Waals surface area contributed by atoms with Crippen molar-refractivity contribution in [3.05, 3.63) is 95.4 Å². The maximum absolute atomic E-state index is 14.0. The van der Waals surface area contributed by atoms with E-state index in [1.807, 2.05) is 43.5 Å². The first-order chi connectivity index (χ1) is 31.1. The van der Waals surface area contributed by atoms with Crippen LogP contribution in [0.2, 0.25) is 0 Å². The van der Waals surface area contributed by atoms with Crippen molar-refractivity contribution in [2.24, 2.45) is 11.8 Å². The van der Waals surface area contributed by atoms with Crippen LogP contribution < -0.4 is 20.1 Å². The summed E-state index contributed by atoms with van der Waals surface area (Å²) in [5.41, 5.74) is 3.00. The average Bonchev–Trinajstić information content (AvgIpc) is 3.56. The van der Waals surface area contributed by atoms with Crippen molar-refractivity contribution in [1.29, 1.82) is 0 Å². The fraction of sp³-hybridized carbons (Fsp3) is 0.469. The number of rotatable bonds is 18. The number of fused-ring (bicyclic) bond motifs is 2. The van der Waals surface area contributed by atoms with Gasteiger partial charge in [-0.25, -0.2) is 4.39 Å². The number of ether oxygens (including phenoxy) is 4. The molecule has 1 unspecified atom stereocenters. The molecule has 0 bridgehead atoms. The quantitative estimate of drug-likeness (QED) is 0.0811. The van der Waals surface area contributed by atoms with Crippen LogP contribution in [-0.2, 0) is 23.9 Å². The molecule has 2 N–H and O–H groups in total. The van der Waals surface area contributed by atoms with Gasteiger partial charge in [-0.15, -0.1) is 0 Å². The summed E-state index contributed by atoms with van der Waals surface area (Å²) >= 11 is 0. The highest BCUT2D eigenvalue weighted by molar-refractivity contribution is 6.24. The second kappa shape index (κ2) is 20.8. The van der Waals surface area contributed by atoms with Crippen LogP contribution in [0.1, 0.15) is 96.9 Å². The Bertz CT molecular complexity index is 2330. The number of nitrogens with one attached hydrogen (secondary N) is 2. The van der Waals surface area contributed by atoms with E-state index in [1.54, 1.807) is 24.3 Å². The van der Waals surface area contributed by atoms with Crippen LogP contribution in [0.15, 0.2) is 72.9 Å². The molecule has 1 saturated carbocycles. The Morgan fingerprint density at radius 3 is 2.38 bits per heavy atom. The molecule has 338 valence electrons. The van der Waals surface area contributed by atoms with Gasteiger partial charge in [-0.1, -0.05) is 13.0 Å². The molecule has 1 aromatic heterocycles. The van der Waals surface area contributed by atoms with Gasteiger partial charge >= 0.3 is 0 Å². The van der Waals surface area contributed by atoms with Crippen molar-refractivity contribution in [2.75, 3.05) is 58.0 Å². The molecule has 0 spiro atoms. The second-order valence-electron chi connectivity index (χ2n) is 17.2. The molecule has 14 nitrogen and oxygen atoms in total. The number of imide groups is 2. The van der Waals surface area contributed by atoms with E-state index in [1.165, 1.54) is 12.1 Å². The number of benzene rings is 3. The lowest BCUT2D eigenvalue weighted by atomic mass is 9.73. The predicted molar refractivity (Wildman–Crippen MR) is 236 cm³/mol. The van der Waals surface area contributed by atoms with Crippen molar-refractivity contribution in [3.63, 3.8) is 0 Å². The Hall–Kier alpha value is -5.77. The van der Waals surface area contributed by atoms with Gasteiger partial charge in [-0.05, 0) is 129 Å². The van der Waals surface area contributed by atoms with Crippen molar-refractivity contribution >= 4 is 46.1 Å². The smallest absolute Gasteiger partial charge is 0.266 e. The van der Waals surface area contributed by atoms with Crippen LogP contribution in [0.3, 0.4) is 0 Å². The molecular weight excluding hydrogens is 822 g/mol. The third kappa shape index (κ3) is 10.6. The van der Waals surface area contributed by atoms with Gasteiger partial charge in [0, 0.05) is 55.9 Å². The number of piperidine rings is 2. The molecule has 3 fully saturated rings. The molecule has 5 amide bonds. The summed E-state index contributed by atoms with van der Waals surface area (Å²) in [6.07, 6.45) is 8.65. The Balaban J connectivity index is 0.660. The minimum absolute atomic E-state index is 0.0263. The molecule has 4 aliphatic rings. The molecule has 4 aromatic rings. The van der Waals surface area contributed by atoms with Gasteiger partial charge in [0.05, 0.1) is 36.5 Å². The molecular formula is C49H56FN5O9. The zero-order valence-electron chi connectivity index (χ0n) is 36.2. The van der Waals surface area contributed by atoms with E-state index in [0.29, 0.717) is 31.7 Å². The van der Waals surface area contributed by atoms with E-state index in [9.17, 15) is 28.4 Å². The molecule has 3 aliphatic heterocycles. The molecule has 8 rings (SSSR count). The number of hydrogen-bond acceptors (Lipinski definition) is 11. The Morgan fingerprint density at radius 2 is 1.61 bits per heavy atom. The van der Waals surface area contributed by atoms with Gasteiger partial charge < -0.3 is 29.2 Å². The molecule has 64 heavy (non-hydrogen) atoms. The van der Waals surface area contributed by atoms with Crippen LogP contribution in [0.25, 0.3) is 10.9 Å². The molecule has 2 saturated heterocycles. The SMILES string of the molecule is C[C@@H](C(=O)Nc1ccc(OC2CCN(CCCOCCOCCOc3cccc4c3C(=O)N(C3CCC(=O)NC3=O)C4=O)CC2)cc1)C1CCC(c2ccnc3ccc(F)cc23)CC1. The van der Waals surface area contributed by atoms with E-state index in [2.05, 4.69) is 20.5 Å². The van der Waals surface area contributed by atoms with E-state index >= 15 is 0 Å². The molecule has 4 heterocycles. The van der Waals surface area contributed by atoms with Gasteiger partial charge in [0.1, 0.15) is 36.1 Å². The zero-order chi connectivity index (χ0) is 44.6. The van der Waals surface area contributed by atoms with Gasteiger partial charge in [0.15, 0.2) is 0 Å². The highest BCUT2D eigenvalue weighted by Crippen LogP contribution is 2.41. The fourth-order valence-electron chi connectivity index (χ4n) is 9.48. The minimum atomic E-state index is -1.04. The number of aromatic nitrogens is 1. The Kier molecular flexibility index (Phi) is 14.6. The monoisotopic (exact) mass is 877 g/mol. The molecule has 3 aromatic carbocycles. The summed E-state index contributed by atoms with van der Waals surface area (Å²) in [6.45, 7) is 6.67. The molecule has 0 radical (unpaired) electrons. The highest BCUT2D eigenvalue weighted by atomic mass is 19.1. The number of nitrogens with zero attached hydrogens (tertiary/aromatic N) is 3. The fourth-order valence-corrected chi connectivity index (χ4v) is 9.48. The number of anilines is 1. The number of carbonyl (C=O) groups excluding carboxylic acids is 5. The van der Waals surface area contributed by atoms with Crippen LogP contribution in [0.5, 0.6) is 11.5 Å². The lowest BCUT2D eigenvalue weighted by Crippen LogP contribution is -2.54. The number of amides is 5. The van der Waals surface area contributed by atoms with Gasteiger partial charge in [0.2, 0.25) is 17.7 Å². The number of likely N-dealkylation sites (tertiary alicyclic amines) is 1. The first kappa shape index (κ1) is 44.8. The van der Waals surface area contributed by atoms with Crippen LogP contribution in [0.4, 0.5) is 10.1 Å². The van der Waals surface area contributed by atoms with E-state index in [-0.39, 0.29) is 66.7 Å². The van der Waals surface area contributed by atoms with Crippen molar-refractivity contribution in [3.8, 4) is 11.5 Å². The van der Waals surface area contributed by atoms with Gasteiger partial charge in [-0.2, -0.15) is 0 Å². The lowest BCUT2D eigenvalue weighted by molar-refractivity contribution is -0.136. The first-order valence-corrected chi connectivity index (χ1v) is 22.6. The van der Waals surface area contributed by atoms with Crippen LogP contribution in [0, 0.1) is 17.7 Å². The van der Waals surface area contributed by atoms with Crippen molar-refractivity contribution in [1.82, 2.24) is 20.1 Å².